The van der Waals surface area contributed by atoms with Crippen LogP contribution in [0.4, 0.5) is 5.69 Å². The third-order valence-electron chi connectivity index (χ3n) is 3.91. The fraction of sp³-hybridized carbons (Fsp3) is 0.444. The summed E-state index contributed by atoms with van der Waals surface area (Å²) < 4.78 is 0. The second kappa shape index (κ2) is 10.1. The van der Waals surface area contributed by atoms with Crippen LogP contribution in [0.1, 0.15) is 39.0 Å². The van der Waals surface area contributed by atoms with E-state index in [9.17, 15) is 9.59 Å². The molecule has 0 bridgehead atoms. The van der Waals surface area contributed by atoms with Crippen LogP contribution in [-0.4, -0.2) is 28.5 Å². The molecule has 25 heavy (non-hydrogen) atoms. The molecule has 1 atom stereocenters. The number of benzene rings is 1. The maximum Gasteiger partial charge on any atom is 0.247 e. The summed E-state index contributed by atoms with van der Waals surface area (Å²) in [5, 5.41) is 5.88. The summed E-state index contributed by atoms with van der Waals surface area (Å²) >= 11 is 13.7. The average Bonchev–Trinajstić information content (AvgIpc) is 3.03. The number of rotatable bonds is 9. The van der Waals surface area contributed by atoms with Crippen molar-refractivity contribution in [3.05, 3.63) is 39.9 Å². The predicted molar refractivity (Wildman–Crippen MR) is 106 cm³/mol. The van der Waals surface area contributed by atoms with E-state index >= 15 is 0 Å². The van der Waals surface area contributed by atoms with E-state index in [1.807, 2.05) is 16.5 Å². The topological polar surface area (TPSA) is 49.4 Å². The first-order valence-corrected chi connectivity index (χ1v) is 10.1. The van der Waals surface area contributed by atoms with Crippen LogP contribution >= 0.6 is 35.0 Å². The third-order valence-corrected chi connectivity index (χ3v) is 5.11. The van der Waals surface area contributed by atoms with Gasteiger partial charge in [0.25, 0.3) is 0 Å². The quantitative estimate of drug-likeness (QED) is 0.569. The molecule has 0 saturated heterocycles. The van der Waals surface area contributed by atoms with Crippen LogP contribution in [0.25, 0.3) is 0 Å². The van der Waals surface area contributed by atoms with Gasteiger partial charge in [0.15, 0.2) is 0 Å². The number of carbonyl (C=O) groups excluding carboxylic acids is 2. The lowest BCUT2D eigenvalue weighted by molar-refractivity contribution is -0.120. The summed E-state index contributed by atoms with van der Waals surface area (Å²) in [4.78, 5) is 25.8. The van der Waals surface area contributed by atoms with Crippen molar-refractivity contribution >= 4 is 52.3 Å². The van der Waals surface area contributed by atoms with Gasteiger partial charge in [-0.1, -0.05) is 36.0 Å². The number of hydrogen-bond acceptors (Lipinski definition) is 4. The van der Waals surface area contributed by atoms with E-state index in [0.717, 1.165) is 31.6 Å². The molecular weight excluding hydrogens is 379 g/mol. The lowest BCUT2D eigenvalue weighted by Gasteiger charge is -2.26. The average molecular weight is 401 g/mol. The molecule has 1 heterocycles. The van der Waals surface area contributed by atoms with Crippen molar-refractivity contribution in [2.24, 2.45) is 0 Å². The van der Waals surface area contributed by atoms with Gasteiger partial charge in [-0.15, -0.1) is 11.8 Å². The van der Waals surface area contributed by atoms with E-state index < -0.39 is 0 Å². The number of unbranched alkanes of at least 4 members (excludes halogenated alkanes) is 2. The van der Waals surface area contributed by atoms with Crippen molar-refractivity contribution in [1.82, 2.24) is 4.90 Å². The molecule has 4 nitrogen and oxygen atoms in total. The number of Topliss-reactive ketones (excluding diaryl/α,β-unsaturated/α-hetero) is 1. The summed E-state index contributed by atoms with van der Waals surface area (Å²) in [7, 11) is 0. The van der Waals surface area contributed by atoms with E-state index in [0.29, 0.717) is 22.2 Å². The highest BCUT2D eigenvalue weighted by molar-refractivity contribution is 8.02. The van der Waals surface area contributed by atoms with Gasteiger partial charge in [0.1, 0.15) is 11.8 Å². The highest BCUT2D eigenvalue weighted by Crippen LogP contribution is 2.25. The Balaban J connectivity index is 1.95. The second-order valence-electron chi connectivity index (χ2n) is 6.06. The molecule has 0 spiro atoms. The SMILES string of the molecule is CC(=O)CCCCC[C@@H](C(=O)Nc1cc(Cl)cc(Cl)c1)N1C=CSC1. The number of thioether (sulfide) groups is 1. The minimum atomic E-state index is -0.249. The molecule has 0 aliphatic carbocycles. The zero-order chi connectivity index (χ0) is 18.2. The van der Waals surface area contributed by atoms with Gasteiger partial charge in [0, 0.05) is 28.4 Å². The van der Waals surface area contributed by atoms with Gasteiger partial charge in [0.05, 0.1) is 5.88 Å². The Morgan fingerprint density at radius 3 is 2.52 bits per heavy atom. The van der Waals surface area contributed by atoms with Gasteiger partial charge in [-0.05, 0) is 43.4 Å². The Kier molecular flexibility index (Phi) is 8.13. The van der Waals surface area contributed by atoms with E-state index in [2.05, 4.69) is 5.32 Å². The molecular formula is C18H22Cl2N2O2S. The van der Waals surface area contributed by atoms with E-state index in [4.69, 9.17) is 23.2 Å². The zero-order valence-electron chi connectivity index (χ0n) is 14.1. The first kappa shape index (κ1) is 20.1. The first-order chi connectivity index (χ1) is 12.0. The maximum absolute atomic E-state index is 12.8. The van der Waals surface area contributed by atoms with Crippen molar-refractivity contribution < 1.29 is 9.59 Å². The zero-order valence-corrected chi connectivity index (χ0v) is 16.5. The normalized spacial score (nSPS) is 14.6. The lowest BCUT2D eigenvalue weighted by Crippen LogP contribution is -2.40. The van der Waals surface area contributed by atoms with Crippen molar-refractivity contribution in [3.8, 4) is 0 Å². The molecule has 1 N–H and O–H groups in total. The Labute approximate surface area is 162 Å². The molecule has 1 aliphatic heterocycles. The predicted octanol–water partition coefficient (Wildman–Crippen LogP) is 5.32. The van der Waals surface area contributed by atoms with E-state index in [1.165, 1.54) is 0 Å². The first-order valence-electron chi connectivity index (χ1n) is 8.26. The number of nitrogens with zero attached hydrogens (tertiary/aromatic N) is 1. The molecule has 0 radical (unpaired) electrons. The molecule has 1 aliphatic rings. The number of amides is 1. The highest BCUT2D eigenvalue weighted by Gasteiger charge is 2.25. The maximum atomic E-state index is 12.8. The number of hydrogen-bond donors (Lipinski definition) is 1. The van der Waals surface area contributed by atoms with Crippen LogP contribution in [0.3, 0.4) is 0 Å². The van der Waals surface area contributed by atoms with Gasteiger partial charge in [0.2, 0.25) is 5.91 Å². The third kappa shape index (κ3) is 6.92. The summed E-state index contributed by atoms with van der Waals surface area (Å²) in [6.07, 6.45) is 6.02. The summed E-state index contributed by atoms with van der Waals surface area (Å²) in [6.45, 7) is 1.61. The van der Waals surface area contributed by atoms with Crippen molar-refractivity contribution in [3.63, 3.8) is 0 Å². The molecule has 7 heteroatoms. The minimum absolute atomic E-state index is 0.0722. The van der Waals surface area contributed by atoms with Gasteiger partial charge >= 0.3 is 0 Å². The summed E-state index contributed by atoms with van der Waals surface area (Å²) in [5.74, 6) is 0.907. The Morgan fingerprint density at radius 1 is 1.20 bits per heavy atom. The number of ketones is 1. The minimum Gasteiger partial charge on any atom is -0.356 e. The fourth-order valence-corrected chi connectivity index (χ4v) is 3.97. The Morgan fingerprint density at radius 2 is 1.92 bits per heavy atom. The van der Waals surface area contributed by atoms with Crippen LogP contribution in [0.15, 0.2) is 29.8 Å². The summed E-state index contributed by atoms with van der Waals surface area (Å²) in [5.41, 5.74) is 0.597. The Hall–Kier alpha value is -1.17. The monoisotopic (exact) mass is 400 g/mol. The van der Waals surface area contributed by atoms with Crippen LogP contribution in [0, 0.1) is 0 Å². The van der Waals surface area contributed by atoms with Crippen LogP contribution in [-0.2, 0) is 9.59 Å². The largest absolute Gasteiger partial charge is 0.356 e. The van der Waals surface area contributed by atoms with Crippen LogP contribution < -0.4 is 5.32 Å². The van der Waals surface area contributed by atoms with Crippen molar-refractivity contribution in [2.45, 2.75) is 45.1 Å². The standard InChI is InChI=1S/C18H22Cl2N2O2S/c1-13(23)5-3-2-4-6-17(22-7-8-25-12-22)18(24)21-16-10-14(19)9-15(20)11-16/h7-11,17H,2-6,12H2,1H3,(H,21,24)/t17-/m0/s1. The molecule has 1 aromatic rings. The van der Waals surface area contributed by atoms with E-state index in [-0.39, 0.29) is 17.7 Å². The number of nitrogens with one attached hydrogen (secondary N) is 1. The van der Waals surface area contributed by atoms with Crippen molar-refractivity contribution in [2.75, 3.05) is 11.2 Å². The molecule has 136 valence electrons. The van der Waals surface area contributed by atoms with Gasteiger partial charge in [-0.2, -0.15) is 0 Å². The lowest BCUT2D eigenvalue weighted by atomic mass is 10.0. The van der Waals surface area contributed by atoms with Gasteiger partial charge < -0.3 is 15.0 Å². The Bertz CT molecular complexity index is 632. The highest BCUT2D eigenvalue weighted by atomic mass is 35.5. The number of halogens is 2. The molecule has 0 fully saturated rings. The molecule has 0 saturated carbocycles. The smallest absolute Gasteiger partial charge is 0.247 e. The van der Waals surface area contributed by atoms with Crippen LogP contribution in [0.5, 0.6) is 0 Å². The molecule has 0 unspecified atom stereocenters. The fourth-order valence-electron chi connectivity index (χ4n) is 2.67. The molecule has 0 aromatic heterocycles. The second-order valence-corrected chi connectivity index (χ2v) is 7.80. The van der Waals surface area contributed by atoms with Gasteiger partial charge in [-0.3, -0.25) is 4.79 Å². The number of anilines is 1. The van der Waals surface area contributed by atoms with Crippen molar-refractivity contribution in [1.29, 1.82) is 0 Å². The molecule has 1 amide bonds. The summed E-state index contributed by atoms with van der Waals surface area (Å²) in [6, 6.07) is 4.75. The van der Waals surface area contributed by atoms with Crippen LogP contribution in [0.2, 0.25) is 10.0 Å². The van der Waals surface area contributed by atoms with Gasteiger partial charge in [-0.25, -0.2) is 0 Å². The number of carbonyl (C=O) groups is 2. The molecule has 2 rings (SSSR count). The van der Waals surface area contributed by atoms with E-state index in [1.54, 1.807) is 36.9 Å². The molecule has 1 aromatic carbocycles.